The number of carbonyl (C=O) groups excluding carboxylic acids is 1. The van der Waals surface area contributed by atoms with Crippen LogP contribution in [0.15, 0.2) is 91.5 Å². The molecule has 0 radical (unpaired) electrons. The van der Waals surface area contributed by atoms with Gasteiger partial charge in [-0.2, -0.15) is 0 Å². The highest BCUT2D eigenvalue weighted by atomic mass is 79.9. The number of imidazole rings is 1. The summed E-state index contributed by atoms with van der Waals surface area (Å²) in [5.74, 6) is 0.107. The molecule has 0 fully saturated rings. The van der Waals surface area contributed by atoms with Crippen LogP contribution < -0.4 is 21.4 Å². The molecular weight excluding hydrogens is 376 g/mol. The highest BCUT2D eigenvalue weighted by Gasteiger charge is 2.12. The van der Waals surface area contributed by atoms with Gasteiger partial charge in [0.2, 0.25) is 12.1 Å². The monoisotopic (exact) mass is 392 g/mol. The molecule has 2 aromatic heterocycles. The molecule has 124 valence electrons. The summed E-state index contributed by atoms with van der Waals surface area (Å²) >= 11 is 0. The van der Waals surface area contributed by atoms with Crippen molar-refractivity contribution in [3.05, 3.63) is 97.1 Å². The quantitative estimate of drug-likeness (QED) is 0.372. The van der Waals surface area contributed by atoms with Crippen LogP contribution in [0.5, 0.6) is 0 Å². The van der Waals surface area contributed by atoms with Crippen LogP contribution in [0.25, 0.3) is 16.6 Å². The summed E-state index contributed by atoms with van der Waals surface area (Å²) in [5, 5.41) is 0. The third-order valence-corrected chi connectivity index (χ3v) is 4.13. The number of hydrogen-bond acceptors (Lipinski definition) is 1. The van der Waals surface area contributed by atoms with Gasteiger partial charge < -0.3 is 17.0 Å². The van der Waals surface area contributed by atoms with E-state index in [0.717, 1.165) is 22.2 Å². The number of nitrogens with zero attached hydrogens (tertiary/aromatic N) is 2. The molecule has 0 saturated carbocycles. The highest BCUT2D eigenvalue weighted by molar-refractivity contribution is 5.96. The number of ketones is 1. The molecular formula is C21H17BrN2O. The van der Waals surface area contributed by atoms with Gasteiger partial charge in [0.25, 0.3) is 0 Å². The van der Waals surface area contributed by atoms with Crippen molar-refractivity contribution in [2.24, 2.45) is 0 Å². The molecule has 2 aromatic carbocycles. The van der Waals surface area contributed by atoms with E-state index in [1.807, 2.05) is 88.4 Å². The number of halogens is 1. The van der Waals surface area contributed by atoms with Crippen molar-refractivity contribution in [2.75, 3.05) is 0 Å². The Kier molecular flexibility index (Phi) is 5.10. The molecule has 0 unspecified atom stereocenters. The molecule has 3 nitrogen and oxygen atoms in total. The average molecular weight is 393 g/mol. The Labute approximate surface area is 156 Å². The van der Waals surface area contributed by atoms with E-state index in [0.29, 0.717) is 6.54 Å². The van der Waals surface area contributed by atoms with Crippen LogP contribution in [-0.2, 0) is 6.54 Å². The van der Waals surface area contributed by atoms with Gasteiger partial charge in [0, 0.05) is 5.56 Å². The topological polar surface area (TPSA) is 26.1 Å². The normalized spacial score (nSPS) is 10.4. The lowest BCUT2D eigenvalue weighted by atomic mass is 10.0. The van der Waals surface area contributed by atoms with Crippen LogP contribution in [0.3, 0.4) is 0 Å². The van der Waals surface area contributed by atoms with E-state index in [1.165, 1.54) is 0 Å². The fraction of sp³-hybridized carbons (Fsp3) is 0.0476. The number of hydrogen-bond donors (Lipinski definition) is 0. The number of fused-ring (bicyclic) bond motifs is 1. The Balaban J connectivity index is 0.00000182. The first-order valence-electron chi connectivity index (χ1n) is 7.94. The van der Waals surface area contributed by atoms with Crippen LogP contribution in [0.4, 0.5) is 0 Å². The molecule has 0 amide bonds. The number of Topliss-reactive ketones (excluding diaryl/α,β-unsaturated/α-hetero) is 1. The first-order chi connectivity index (χ1) is 11.8. The second-order valence-corrected chi connectivity index (χ2v) is 5.82. The summed E-state index contributed by atoms with van der Waals surface area (Å²) in [6.07, 6.45) is 5.90. The zero-order chi connectivity index (χ0) is 16.4. The molecule has 0 atom stereocenters. The minimum absolute atomic E-state index is 0. The molecule has 4 heteroatoms. The summed E-state index contributed by atoms with van der Waals surface area (Å²) in [7, 11) is 0. The third-order valence-electron chi connectivity index (χ3n) is 4.13. The predicted octanol–water partition coefficient (Wildman–Crippen LogP) is 0.781. The molecule has 0 aliphatic rings. The van der Waals surface area contributed by atoms with Crippen LogP contribution in [0, 0.1) is 0 Å². The van der Waals surface area contributed by atoms with E-state index in [-0.39, 0.29) is 22.8 Å². The van der Waals surface area contributed by atoms with E-state index < -0.39 is 0 Å². The number of rotatable bonds is 4. The minimum Gasteiger partial charge on any atom is -1.00 e. The molecule has 0 aliphatic carbocycles. The zero-order valence-corrected chi connectivity index (χ0v) is 15.1. The van der Waals surface area contributed by atoms with Crippen molar-refractivity contribution in [1.82, 2.24) is 4.57 Å². The van der Waals surface area contributed by atoms with E-state index in [2.05, 4.69) is 12.1 Å². The third kappa shape index (κ3) is 3.69. The summed E-state index contributed by atoms with van der Waals surface area (Å²) in [5.41, 5.74) is 4.08. The molecule has 25 heavy (non-hydrogen) atoms. The SMILES string of the molecule is O=C(Cn1cc2cccc[n+]2c1)c1ccc(-c2ccccc2)cc1.[Br-]. The molecule has 0 spiro atoms. The molecule has 4 rings (SSSR count). The Morgan fingerprint density at radius 3 is 2.24 bits per heavy atom. The Morgan fingerprint density at radius 2 is 1.52 bits per heavy atom. The number of benzene rings is 2. The summed E-state index contributed by atoms with van der Waals surface area (Å²) in [6.45, 7) is 0.340. The Bertz CT molecular complexity index is 958. The van der Waals surface area contributed by atoms with Crippen LogP contribution in [-0.4, -0.2) is 10.4 Å². The van der Waals surface area contributed by atoms with Crippen molar-refractivity contribution in [1.29, 1.82) is 0 Å². The smallest absolute Gasteiger partial charge is 0.249 e. The van der Waals surface area contributed by atoms with Gasteiger partial charge >= 0.3 is 0 Å². The van der Waals surface area contributed by atoms with Gasteiger partial charge in [0.15, 0.2) is 12.1 Å². The van der Waals surface area contributed by atoms with E-state index >= 15 is 0 Å². The molecule has 0 bridgehead atoms. The summed E-state index contributed by atoms with van der Waals surface area (Å²) in [6, 6.07) is 24.0. The molecule has 2 heterocycles. The zero-order valence-electron chi connectivity index (χ0n) is 13.5. The van der Waals surface area contributed by atoms with Crippen molar-refractivity contribution < 1.29 is 26.2 Å². The maximum absolute atomic E-state index is 12.5. The van der Waals surface area contributed by atoms with E-state index in [4.69, 9.17) is 0 Å². The van der Waals surface area contributed by atoms with Crippen LogP contribution in [0.1, 0.15) is 10.4 Å². The largest absolute Gasteiger partial charge is 1.00 e. The first-order valence-corrected chi connectivity index (χ1v) is 7.94. The molecule has 4 aromatic rings. The summed E-state index contributed by atoms with van der Waals surface area (Å²) < 4.78 is 3.93. The maximum atomic E-state index is 12.5. The van der Waals surface area contributed by atoms with Crippen molar-refractivity contribution >= 4 is 11.3 Å². The van der Waals surface area contributed by atoms with Crippen molar-refractivity contribution in [3.8, 4) is 11.1 Å². The number of pyridine rings is 1. The molecule has 0 saturated heterocycles. The van der Waals surface area contributed by atoms with Crippen molar-refractivity contribution in [2.45, 2.75) is 6.54 Å². The highest BCUT2D eigenvalue weighted by Crippen LogP contribution is 2.19. The van der Waals surface area contributed by atoms with Gasteiger partial charge in [-0.3, -0.25) is 4.79 Å². The van der Waals surface area contributed by atoms with Crippen molar-refractivity contribution in [3.63, 3.8) is 0 Å². The maximum Gasteiger partial charge on any atom is 0.249 e. The van der Waals surface area contributed by atoms with Gasteiger partial charge in [-0.05, 0) is 23.3 Å². The molecule has 0 aliphatic heterocycles. The van der Waals surface area contributed by atoms with E-state index in [9.17, 15) is 4.79 Å². The van der Waals surface area contributed by atoms with Gasteiger partial charge in [0.1, 0.15) is 6.20 Å². The molecule has 0 N–H and O–H groups in total. The second kappa shape index (κ2) is 7.45. The lowest BCUT2D eigenvalue weighted by molar-refractivity contribution is -0.512. The average Bonchev–Trinajstić information content (AvgIpc) is 3.05. The van der Waals surface area contributed by atoms with Crippen LogP contribution in [0.2, 0.25) is 0 Å². The lowest BCUT2D eigenvalue weighted by Crippen LogP contribution is -3.00. The van der Waals surface area contributed by atoms with E-state index in [1.54, 1.807) is 0 Å². The minimum atomic E-state index is 0. The van der Waals surface area contributed by atoms with Gasteiger partial charge in [-0.25, -0.2) is 8.97 Å². The number of carbonyl (C=O) groups is 1. The second-order valence-electron chi connectivity index (χ2n) is 5.82. The van der Waals surface area contributed by atoms with Gasteiger partial charge in [-0.1, -0.05) is 60.7 Å². The van der Waals surface area contributed by atoms with Crippen LogP contribution >= 0.6 is 0 Å². The fourth-order valence-corrected chi connectivity index (χ4v) is 2.87. The standard InChI is InChI=1S/C21H17N2O.BrH/c24-21(15-22-14-20-8-4-5-13-23(20)16-22)19-11-9-18(10-12-19)17-6-2-1-3-7-17;/h1-14,16H,15H2;1H/q+1;/p-1. The summed E-state index contributed by atoms with van der Waals surface area (Å²) in [4.78, 5) is 12.5. The Morgan fingerprint density at radius 1 is 0.840 bits per heavy atom. The van der Waals surface area contributed by atoms with Gasteiger partial charge in [-0.15, -0.1) is 0 Å². The first kappa shape index (κ1) is 17.1. The Hall–Kier alpha value is -2.72. The number of aromatic nitrogens is 2. The fourth-order valence-electron chi connectivity index (χ4n) is 2.87. The lowest BCUT2D eigenvalue weighted by Gasteiger charge is -2.03. The predicted molar refractivity (Wildman–Crippen MR) is 93.8 cm³/mol. The van der Waals surface area contributed by atoms with Gasteiger partial charge in [0.05, 0.1) is 6.20 Å².